The Balaban J connectivity index is 1.59. The van der Waals surface area contributed by atoms with Gasteiger partial charge in [0.2, 0.25) is 25.2 Å². The first-order valence-electron chi connectivity index (χ1n) is 9.83. The van der Waals surface area contributed by atoms with Crippen molar-refractivity contribution in [1.82, 2.24) is 29.9 Å². The second kappa shape index (κ2) is 9.99. The molecule has 4 rings (SSSR count). The third-order valence-corrected chi connectivity index (χ3v) is 4.98. The average Bonchev–Trinajstić information content (AvgIpc) is 3.18. The van der Waals surface area contributed by atoms with Gasteiger partial charge in [0.25, 0.3) is 0 Å². The smallest absolute Gasteiger partial charge is 0.233 e. The zero-order valence-electron chi connectivity index (χ0n) is 17.4. The van der Waals surface area contributed by atoms with Crippen LogP contribution in [0.3, 0.4) is 0 Å². The first-order chi connectivity index (χ1) is 15.9. The molecule has 0 saturated heterocycles. The Bertz CT molecular complexity index is 1320. The Morgan fingerprint density at radius 1 is 1.09 bits per heavy atom. The van der Waals surface area contributed by atoms with E-state index in [-0.39, 0.29) is 35.2 Å². The minimum atomic E-state index is -2.20. The van der Waals surface area contributed by atoms with Crippen LogP contribution in [0.25, 0.3) is 16.7 Å². The van der Waals surface area contributed by atoms with Crippen LogP contribution in [0, 0.1) is 0 Å². The molecule has 4 aromatic rings. The van der Waals surface area contributed by atoms with Crippen LogP contribution < -0.4 is 15.2 Å². The third kappa shape index (κ3) is 5.67. The van der Waals surface area contributed by atoms with E-state index >= 15 is 0 Å². The number of hydrogen-bond donors (Lipinski definition) is 4. The lowest BCUT2D eigenvalue weighted by Crippen LogP contribution is -2.09. The van der Waals surface area contributed by atoms with Gasteiger partial charge in [0.1, 0.15) is 28.2 Å². The van der Waals surface area contributed by atoms with E-state index in [4.69, 9.17) is 21.2 Å². The van der Waals surface area contributed by atoms with Gasteiger partial charge in [-0.15, -0.1) is 15.0 Å². The average molecular weight is 491 g/mol. The molecule has 0 saturated carbocycles. The van der Waals surface area contributed by atoms with Crippen LogP contribution in [0.2, 0.25) is 5.28 Å². The van der Waals surface area contributed by atoms with Crippen LogP contribution >= 0.6 is 19.6 Å². The van der Waals surface area contributed by atoms with Gasteiger partial charge >= 0.3 is 0 Å². The number of hydrogen-bond acceptors (Lipinski definition) is 11. The molecule has 0 amide bonds. The fraction of sp³-hybridized carbons (Fsp3) is 0.211. The molecule has 0 aliphatic carbocycles. The van der Waals surface area contributed by atoms with Crippen molar-refractivity contribution in [2.75, 3.05) is 30.5 Å². The summed E-state index contributed by atoms with van der Waals surface area (Å²) < 4.78 is 16.7. The molecule has 0 aliphatic heterocycles. The van der Waals surface area contributed by atoms with Gasteiger partial charge in [-0.25, -0.2) is 0 Å². The summed E-state index contributed by atoms with van der Waals surface area (Å²) in [7, 11) is -2.20. The van der Waals surface area contributed by atoms with Crippen LogP contribution in [0.4, 0.5) is 17.6 Å². The summed E-state index contributed by atoms with van der Waals surface area (Å²) in [6.07, 6.45) is 0.542. The first-order valence-corrected chi connectivity index (χ1v) is 12.0. The highest BCUT2D eigenvalue weighted by atomic mass is 35.5. The van der Waals surface area contributed by atoms with E-state index in [1.165, 1.54) is 29.7 Å². The largest absolute Gasteiger partial charge is 0.506 e. The lowest BCUT2D eigenvalue weighted by molar-refractivity contribution is 0.292. The van der Waals surface area contributed by atoms with Gasteiger partial charge in [0, 0.05) is 31.6 Å². The van der Waals surface area contributed by atoms with Gasteiger partial charge in [0.05, 0.1) is 0 Å². The molecule has 33 heavy (non-hydrogen) atoms. The van der Waals surface area contributed by atoms with Crippen LogP contribution in [0.5, 0.6) is 11.5 Å². The SMILES string of the molecule is C[PH](=O)Oc1ccc(O)c(-n2nc3ccc(Nc4nc(Cl)nc(NCCCO)n4)cc3n2)c1. The zero-order valence-corrected chi connectivity index (χ0v) is 19.1. The Hall–Kier alpha value is -3.47. The van der Waals surface area contributed by atoms with Crippen LogP contribution in [0.1, 0.15) is 6.42 Å². The van der Waals surface area contributed by atoms with E-state index in [2.05, 4.69) is 35.8 Å². The van der Waals surface area contributed by atoms with Gasteiger partial charge in [-0.1, -0.05) is 0 Å². The number of phenols is 1. The summed E-state index contributed by atoms with van der Waals surface area (Å²) in [5.74, 6) is 0.793. The molecule has 2 aromatic carbocycles. The molecule has 172 valence electrons. The van der Waals surface area contributed by atoms with Crippen LogP contribution in [-0.4, -0.2) is 60.0 Å². The molecule has 1 unspecified atom stereocenters. The van der Waals surface area contributed by atoms with Gasteiger partial charge in [0.15, 0.2) is 0 Å². The number of nitrogens with one attached hydrogen (secondary N) is 2. The topological polar surface area (TPSA) is 160 Å². The summed E-state index contributed by atoms with van der Waals surface area (Å²) in [6, 6.07) is 9.69. The first kappa shape index (κ1) is 22.7. The summed E-state index contributed by atoms with van der Waals surface area (Å²) in [5.41, 5.74) is 2.03. The minimum absolute atomic E-state index is 0.0123. The van der Waals surface area contributed by atoms with Gasteiger partial charge in [-0.05, 0) is 48.4 Å². The second-order valence-electron chi connectivity index (χ2n) is 6.82. The number of phenolic OH excluding ortho intramolecular Hbond substituents is 1. The molecule has 2 heterocycles. The van der Waals surface area contributed by atoms with Gasteiger partial charge in [-0.2, -0.15) is 15.0 Å². The van der Waals surface area contributed by atoms with E-state index < -0.39 is 8.03 Å². The molecule has 2 aromatic heterocycles. The summed E-state index contributed by atoms with van der Waals surface area (Å²) >= 11 is 5.99. The lowest BCUT2D eigenvalue weighted by atomic mass is 10.3. The number of anilines is 3. The van der Waals surface area contributed by atoms with Crippen molar-refractivity contribution in [3.8, 4) is 17.2 Å². The van der Waals surface area contributed by atoms with Gasteiger partial charge in [-0.3, -0.25) is 4.57 Å². The molecule has 0 spiro atoms. The zero-order chi connectivity index (χ0) is 23.4. The van der Waals surface area contributed by atoms with E-state index in [1.54, 1.807) is 18.2 Å². The fourth-order valence-electron chi connectivity index (χ4n) is 2.89. The fourth-order valence-corrected chi connectivity index (χ4v) is 3.51. The molecular formula is C19H20ClN8O4P. The van der Waals surface area contributed by atoms with E-state index in [1.807, 2.05) is 0 Å². The quantitative estimate of drug-likeness (QED) is 0.201. The lowest BCUT2D eigenvalue weighted by Gasteiger charge is -2.08. The summed E-state index contributed by atoms with van der Waals surface area (Å²) in [5, 5.41) is 33.9. The van der Waals surface area contributed by atoms with Gasteiger partial charge < -0.3 is 25.4 Å². The number of rotatable bonds is 9. The van der Waals surface area contributed by atoms with Crippen molar-refractivity contribution in [3.63, 3.8) is 0 Å². The van der Waals surface area contributed by atoms with E-state index in [0.29, 0.717) is 35.4 Å². The molecule has 12 nitrogen and oxygen atoms in total. The maximum absolute atomic E-state index is 11.4. The van der Waals surface area contributed by atoms with Crippen LogP contribution in [0.15, 0.2) is 36.4 Å². The predicted octanol–water partition coefficient (Wildman–Crippen LogP) is 2.99. The standard InChI is InChI=1S/C19H20ClN8O4P/c1-33(31)32-12-4-6-16(30)15(10-12)28-26-13-5-3-11(9-14(13)27-28)22-19-24-17(20)23-18(25-19)21-7-2-8-29/h3-6,9-10,29-30,33H,2,7-8H2,1H3,(H2,21,22,23,24,25). The number of aliphatic hydroxyl groups is 1. The Kier molecular flexibility index (Phi) is 6.87. The highest BCUT2D eigenvalue weighted by Crippen LogP contribution is 2.31. The number of aromatic nitrogens is 6. The molecule has 0 fully saturated rings. The second-order valence-corrected chi connectivity index (χ2v) is 8.34. The number of fused-ring (bicyclic) bond motifs is 1. The maximum Gasteiger partial charge on any atom is 0.233 e. The third-order valence-electron chi connectivity index (χ3n) is 4.29. The summed E-state index contributed by atoms with van der Waals surface area (Å²) in [6.45, 7) is 2.01. The monoisotopic (exact) mass is 490 g/mol. The summed E-state index contributed by atoms with van der Waals surface area (Å²) in [4.78, 5) is 13.6. The minimum Gasteiger partial charge on any atom is -0.506 e. The number of nitrogens with zero attached hydrogens (tertiary/aromatic N) is 6. The Morgan fingerprint density at radius 3 is 2.67 bits per heavy atom. The molecular weight excluding hydrogens is 471 g/mol. The van der Waals surface area contributed by atoms with E-state index in [0.717, 1.165) is 0 Å². The molecule has 1 atom stereocenters. The van der Waals surface area contributed by atoms with Crippen molar-refractivity contribution in [3.05, 3.63) is 41.7 Å². The molecule has 0 bridgehead atoms. The number of aliphatic hydroxyl groups excluding tert-OH is 1. The number of benzene rings is 2. The van der Waals surface area contributed by atoms with Crippen molar-refractivity contribution in [2.24, 2.45) is 0 Å². The van der Waals surface area contributed by atoms with E-state index in [9.17, 15) is 9.67 Å². The van der Waals surface area contributed by atoms with Crippen molar-refractivity contribution < 1.29 is 19.3 Å². The van der Waals surface area contributed by atoms with Crippen LogP contribution in [-0.2, 0) is 4.57 Å². The number of aromatic hydroxyl groups is 1. The normalized spacial score (nSPS) is 12.0. The molecule has 14 heteroatoms. The Labute approximate surface area is 193 Å². The highest BCUT2D eigenvalue weighted by Gasteiger charge is 2.12. The molecule has 4 N–H and O–H groups in total. The van der Waals surface area contributed by atoms with Crippen molar-refractivity contribution in [2.45, 2.75) is 6.42 Å². The highest BCUT2D eigenvalue weighted by molar-refractivity contribution is 7.38. The molecule has 0 aliphatic rings. The predicted molar refractivity (Wildman–Crippen MR) is 124 cm³/mol. The van der Waals surface area contributed by atoms with Crippen molar-refractivity contribution in [1.29, 1.82) is 0 Å². The number of halogens is 1. The Morgan fingerprint density at radius 2 is 1.88 bits per heavy atom. The maximum atomic E-state index is 11.4. The van der Waals surface area contributed by atoms with Crippen molar-refractivity contribution >= 4 is 48.2 Å². The molecule has 0 radical (unpaired) electrons.